The van der Waals surface area contributed by atoms with E-state index in [-0.39, 0.29) is 17.7 Å². The quantitative estimate of drug-likeness (QED) is 0.725. The topological polar surface area (TPSA) is 61.2 Å². The van der Waals surface area contributed by atoms with Crippen molar-refractivity contribution >= 4 is 19.7 Å². The molecule has 0 saturated carbocycles. The van der Waals surface area contributed by atoms with Gasteiger partial charge in [0.05, 0.1) is 24.8 Å². The summed E-state index contributed by atoms with van der Waals surface area (Å²) in [7, 11) is 1.76. The maximum absolute atomic E-state index is 11.0. The maximum atomic E-state index is 11.0. The molecule has 0 amide bonds. The van der Waals surface area contributed by atoms with Crippen LogP contribution in [0.15, 0.2) is 12.4 Å². The Bertz CT molecular complexity index is 470. The van der Waals surface area contributed by atoms with Crippen LogP contribution in [0.3, 0.4) is 0 Å². The summed E-state index contributed by atoms with van der Waals surface area (Å²) in [6.45, 7) is 6.28. The van der Waals surface area contributed by atoms with Crippen LogP contribution in [0, 0.1) is 5.92 Å². The highest BCUT2D eigenvalue weighted by molar-refractivity contribution is 8.13. The van der Waals surface area contributed by atoms with E-state index in [1.165, 1.54) is 0 Å². The van der Waals surface area contributed by atoms with Crippen molar-refractivity contribution in [1.29, 1.82) is 0 Å². The molecule has 1 aromatic heterocycles. The molecule has 0 aliphatic carbocycles. The number of rotatable bonds is 7. The van der Waals surface area contributed by atoms with E-state index in [1.807, 2.05) is 20.8 Å². The fraction of sp³-hybridized carbons (Fsp3) is 0.727. The van der Waals surface area contributed by atoms with Gasteiger partial charge in [0.1, 0.15) is 0 Å². The molecule has 1 unspecified atom stereocenters. The highest BCUT2D eigenvalue weighted by Crippen LogP contribution is 2.16. The lowest BCUT2D eigenvalue weighted by molar-refractivity contribution is 0.257. The molecule has 0 aromatic carbocycles. The molecule has 0 fully saturated rings. The second-order valence-corrected chi connectivity index (χ2v) is 7.36. The van der Waals surface area contributed by atoms with Crippen molar-refractivity contribution in [1.82, 2.24) is 9.78 Å². The van der Waals surface area contributed by atoms with Crippen molar-refractivity contribution in [3.05, 3.63) is 12.4 Å². The summed E-state index contributed by atoms with van der Waals surface area (Å²) in [6, 6.07) is 0.271. The van der Waals surface area contributed by atoms with Crippen molar-refractivity contribution in [2.24, 2.45) is 5.92 Å². The van der Waals surface area contributed by atoms with Crippen LogP contribution in [-0.4, -0.2) is 30.6 Å². The third kappa shape index (κ3) is 5.27. The molecule has 0 radical (unpaired) electrons. The molecule has 0 aliphatic rings. The van der Waals surface area contributed by atoms with Crippen molar-refractivity contribution in [2.75, 3.05) is 12.4 Å². The van der Waals surface area contributed by atoms with Crippen LogP contribution in [0.25, 0.3) is 0 Å². The molecular weight excluding hydrogens is 276 g/mol. The van der Waals surface area contributed by atoms with Gasteiger partial charge in [-0.05, 0) is 20.3 Å². The molecule has 0 saturated heterocycles. The van der Waals surface area contributed by atoms with Crippen LogP contribution in [-0.2, 0) is 9.05 Å². The van der Waals surface area contributed by atoms with Crippen LogP contribution in [0.1, 0.15) is 33.2 Å². The van der Waals surface area contributed by atoms with Crippen molar-refractivity contribution < 1.29 is 13.2 Å². The zero-order valence-corrected chi connectivity index (χ0v) is 12.4. The van der Waals surface area contributed by atoms with E-state index in [4.69, 9.17) is 15.4 Å². The predicted molar refractivity (Wildman–Crippen MR) is 71.5 cm³/mol. The summed E-state index contributed by atoms with van der Waals surface area (Å²) in [6.07, 6.45) is 4.12. The van der Waals surface area contributed by atoms with Crippen LogP contribution < -0.4 is 4.74 Å². The summed E-state index contributed by atoms with van der Waals surface area (Å²) in [5.41, 5.74) is 0. The van der Waals surface area contributed by atoms with E-state index >= 15 is 0 Å². The fourth-order valence-electron chi connectivity index (χ4n) is 1.46. The van der Waals surface area contributed by atoms with Crippen LogP contribution in [0.5, 0.6) is 5.75 Å². The third-order valence-corrected chi connectivity index (χ3v) is 3.85. The van der Waals surface area contributed by atoms with E-state index in [0.717, 1.165) is 0 Å². The standard InChI is InChI=1S/C11H19ClN2O3S/c1-4-10(8-18(12,15)16)7-17-11-5-13-14(6-11)9(2)3/h5-6,9-10H,4,7-8H2,1-3H3. The number of hydrogen-bond donors (Lipinski definition) is 0. The Morgan fingerprint density at radius 1 is 1.50 bits per heavy atom. The first-order chi connectivity index (χ1) is 8.31. The van der Waals surface area contributed by atoms with Gasteiger partial charge in [-0.3, -0.25) is 4.68 Å². The largest absolute Gasteiger partial charge is 0.490 e. The van der Waals surface area contributed by atoms with Crippen LogP contribution in [0.4, 0.5) is 0 Å². The lowest BCUT2D eigenvalue weighted by Gasteiger charge is -2.13. The van der Waals surface area contributed by atoms with Crippen LogP contribution in [0.2, 0.25) is 0 Å². The molecule has 1 aromatic rings. The molecule has 0 N–H and O–H groups in total. The van der Waals surface area contributed by atoms with E-state index in [2.05, 4.69) is 5.10 Å². The number of nitrogens with zero attached hydrogens (tertiary/aromatic N) is 2. The summed E-state index contributed by atoms with van der Waals surface area (Å²) in [5.74, 6) is 0.479. The Balaban J connectivity index is 2.52. The number of ether oxygens (including phenoxy) is 1. The molecule has 0 aliphatic heterocycles. The zero-order valence-electron chi connectivity index (χ0n) is 10.8. The minimum absolute atomic E-state index is 0.0661. The number of aromatic nitrogens is 2. The van der Waals surface area contributed by atoms with Gasteiger partial charge in [0.15, 0.2) is 5.75 Å². The Morgan fingerprint density at radius 3 is 2.61 bits per heavy atom. The van der Waals surface area contributed by atoms with Gasteiger partial charge in [-0.25, -0.2) is 8.42 Å². The van der Waals surface area contributed by atoms with Gasteiger partial charge in [-0.15, -0.1) is 0 Å². The molecule has 18 heavy (non-hydrogen) atoms. The van der Waals surface area contributed by atoms with Crippen molar-refractivity contribution in [3.8, 4) is 5.75 Å². The highest BCUT2D eigenvalue weighted by Gasteiger charge is 2.16. The third-order valence-electron chi connectivity index (χ3n) is 2.60. The molecule has 104 valence electrons. The van der Waals surface area contributed by atoms with Gasteiger partial charge in [0, 0.05) is 22.6 Å². The zero-order chi connectivity index (χ0) is 13.8. The second kappa shape index (κ2) is 6.43. The maximum Gasteiger partial charge on any atom is 0.232 e. The molecule has 1 heterocycles. The van der Waals surface area contributed by atoms with Crippen LogP contribution >= 0.6 is 10.7 Å². The second-order valence-electron chi connectivity index (χ2n) is 4.54. The first kappa shape index (κ1) is 15.3. The van der Waals surface area contributed by atoms with Crippen molar-refractivity contribution in [3.63, 3.8) is 0 Å². The fourth-order valence-corrected chi connectivity index (χ4v) is 2.89. The number of halogens is 1. The summed E-state index contributed by atoms with van der Waals surface area (Å²) in [4.78, 5) is 0. The van der Waals surface area contributed by atoms with E-state index < -0.39 is 9.05 Å². The van der Waals surface area contributed by atoms with E-state index in [1.54, 1.807) is 17.1 Å². The predicted octanol–water partition coefficient (Wildman–Crippen LogP) is 2.44. The molecule has 0 bridgehead atoms. The average molecular weight is 295 g/mol. The first-order valence-electron chi connectivity index (χ1n) is 5.91. The minimum Gasteiger partial charge on any atom is -0.490 e. The van der Waals surface area contributed by atoms with Gasteiger partial charge in [0.2, 0.25) is 9.05 Å². The lowest BCUT2D eigenvalue weighted by atomic mass is 10.1. The average Bonchev–Trinajstić information content (AvgIpc) is 2.71. The number of hydrogen-bond acceptors (Lipinski definition) is 4. The van der Waals surface area contributed by atoms with Crippen molar-refractivity contribution in [2.45, 2.75) is 33.2 Å². The summed E-state index contributed by atoms with van der Waals surface area (Å²) >= 11 is 0. The highest BCUT2D eigenvalue weighted by atomic mass is 35.7. The Morgan fingerprint density at radius 2 is 2.17 bits per heavy atom. The van der Waals surface area contributed by atoms with Gasteiger partial charge in [-0.1, -0.05) is 6.92 Å². The molecule has 1 atom stereocenters. The SMILES string of the molecule is CCC(COc1cnn(C(C)C)c1)CS(=O)(=O)Cl. The Hall–Kier alpha value is -0.750. The minimum atomic E-state index is -3.48. The molecular formula is C11H19ClN2O3S. The van der Waals surface area contributed by atoms with Gasteiger partial charge < -0.3 is 4.74 Å². The van der Waals surface area contributed by atoms with Gasteiger partial charge in [0.25, 0.3) is 0 Å². The van der Waals surface area contributed by atoms with E-state index in [9.17, 15) is 8.42 Å². The summed E-state index contributed by atoms with van der Waals surface area (Å²) < 4.78 is 29.3. The smallest absolute Gasteiger partial charge is 0.232 e. The Labute approximate surface area is 113 Å². The first-order valence-corrected chi connectivity index (χ1v) is 8.39. The normalized spacial score (nSPS) is 13.8. The monoisotopic (exact) mass is 294 g/mol. The molecule has 0 spiro atoms. The summed E-state index contributed by atoms with van der Waals surface area (Å²) in [5, 5.41) is 4.14. The van der Waals surface area contributed by atoms with E-state index in [0.29, 0.717) is 18.8 Å². The Kier molecular flexibility index (Phi) is 5.47. The van der Waals surface area contributed by atoms with Gasteiger partial charge >= 0.3 is 0 Å². The van der Waals surface area contributed by atoms with Gasteiger partial charge in [-0.2, -0.15) is 5.10 Å². The lowest BCUT2D eigenvalue weighted by Crippen LogP contribution is -2.18. The molecule has 5 nitrogen and oxygen atoms in total. The molecule has 1 rings (SSSR count). The molecule has 7 heteroatoms.